The van der Waals surface area contributed by atoms with Crippen LogP contribution in [0, 0.1) is 11.8 Å². The third kappa shape index (κ3) is 2.99. The molecule has 3 heteroatoms. The molecule has 0 aromatic heterocycles. The average molecular weight is 185 g/mol. The van der Waals surface area contributed by atoms with Crippen LogP contribution in [0.1, 0.15) is 39.0 Å². The highest BCUT2D eigenvalue weighted by atomic mass is 16.4. The second kappa shape index (κ2) is 4.61. The number of rotatable bonds is 4. The van der Waals surface area contributed by atoms with E-state index in [-0.39, 0.29) is 5.92 Å². The molecule has 0 amide bonds. The molecular weight excluding hydrogens is 166 g/mol. The van der Waals surface area contributed by atoms with Gasteiger partial charge in [0.2, 0.25) is 0 Å². The summed E-state index contributed by atoms with van der Waals surface area (Å²) in [6.07, 6.45) is 6.11. The number of carboxylic acid groups (broad SMARTS) is 1. The van der Waals surface area contributed by atoms with Gasteiger partial charge in [0, 0.05) is 0 Å². The molecule has 1 rings (SSSR count). The summed E-state index contributed by atoms with van der Waals surface area (Å²) in [5.74, 6) is -0.0357. The van der Waals surface area contributed by atoms with E-state index in [1.54, 1.807) is 0 Å². The van der Waals surface area contributed by atoms with Crippen molar-refractivity contribution >= 4 is 5.97 Å². The Morgan fingerprint density at radius 2 is 2.08 bits per heavy atom. The average Bonchev–Trinajstić information content (AvgIpc) is 2.55. The van der Waals surface area contributed by atoms with E-state index >= 15 is 0 Å². The Labute approximate surface area is 79.3 Å². The van der Waals surface area contributed by atoms with Crippen molar-refractivity contribution in [2.75, 3.05) is 0 Å². The van der Waals surface area contributed by atoms with E-state index in [4.69, 9.17) is 10.8 Å². The second-order valence-corrected chi connectivity index (χ2v) is 4.23. The highest BCUT2D eigenvalue weighted by molar-refractivity contribution is 5.73. The molecule has 1 fully saturated rings. The van der Waals surface area contributed by atoms with E-state index in [9.17, 15) is 4.79 Å². The SMILES string of the molecule is CC(CC1CCCC1)C(N)C(=O)O. The molecule has 0 aliphatic heterocycles. The minimum absolute atomic E-state index is 0.112. The van der Waals surface area contributed by atoms with Crippen LogP contribution in [-0.4, -0.2) is 17.1 Å². The summed E-state index contributed by atoms with van der Waals surface area (Å²) in [7, 11) is 0. The second-order valence-electron chi connectivity index (χ2n) is 4.23. The van der Waals surface area contributed by atoms with Crippen LogP contribution >= 0.6 is 0 Å². The zero-order valence-electron chi connectivity index (χ0n) is 8.20. The quantitative estimate of drug-likeness (QED) is 0.699. The third-order valence-corrected chi connectivity index (χ3v) is 3.08. The lowest BCUT2D eigenvalue weighted by Crippen LogP contribution is -2.37. The van der Waals surface area contributed by atoms with Crippen molar-refractivity contribution < 1.29 is 9.90 Å². The first-order chi connectivity index (χ1) is 6.11. The molecule has 3 nitrogen and oxygen atoms in total. The fourth-order valence-electron chi connectivity index (χ4n) is 2.16. The molecule has 0 aromatic carbocycles. The number of aliphatic carboxylic acids is 1. The Balaban J connectivity index is 2.30. The molecule has 2 atom stereocenters. The van der Waals surface area contributed by atoms with Crippen molar-refractivity contribution in [3.63, 3.8) is 0 Å². The van der Waals surface area contributed by atoms with E-state index in [1.807, 2.05) is 6.92 Å². The van der Waals surface area contributed by atoms with Crippen LogP contribution < -0.4 is 5.73 Å². The summed E-state index contributed by atoms with van der Waals surface area (Å²) in [4.78, 5) is 10.6. The number of hydrogen-bond acceptors (Lipinski definition) is 2. The van der Waals surface area contributed by atoms with Crippen LogP contribution in [0.3, 0.4) is 0 Å². The monoisotopic (exact) mass is 185 g/mol. The maximum atomic E-state index is 10.6. The molecule has 13 heavy (non-hydrogen) atoms. The van der Waals surface area contributed by atoms with Crippen LogP contribution in [0.5, 0.6) is 0 Å². The summed E-state index contributed by atoms with van der Waals surface area (Å²) in [6.45, 7) is 1.94. The molecule has 1 aliphatic carbocycles. The zero-order valence-corrected chi connectivity index (χ0v) is 8.20. The Bertz CT molecular complexity index is 176. The molecule has 0 spiro atoms. The predicted molar refractivity (Wildman–Crippen MR) is 51.4 cm³/mol. The van der Waals surface area contributed by atoms with E-state index in [0.717, 1.165) is 12.3 Å². The Kier molecular flexibility index (Phi) is 3.72. The van der Waals surface area contributed by atoms with Gasteiger partial charge in [-0.25, -0.2) is 0 Å². The van der Waals surface area contributed by atoms with Gasteiger partial charge in [0.15, 0.2) is 0 Å². The van der Waals surface area contributed by atoms with Crippen LogP contribution in [0.15, 0.2) is 0 Å². The van der Waals surface area contributed by atoms with Crippen LogP contribution in [-0.2, 0) is 4.79 Å². The summed E-state index contributed by atoms with van der Waals surface area (Å²) in [6, 6.07) is -0.680. The van der Waals surface area contributed by atoms with Crippen LogP contribution in [0.2, 0.25) is 0 Å². The number of carbonyl (C=O) groups is 1. The molecule has 3 N–H and O–H groups in total. The van der Waals surface area contributed by atoms with Gasteiger partial charge in [-0.05, 0) is 18.3 Å². The summed E-state index contributed by atoms with van der Waals surface area (Å²) in [5.41, 5.74) is 5.54. The molecule has 0 bridgehead atoms. The largest absolute Gasteiger partial charge is 0.480 e. The third-order valence-electron chi connectivity index (χ3n) is 3.08. The topological polar surface area (TPSA) is 63.3 Å². The summed E-state index contributed by atoms with van der Waals surface area (Å²) >= 11 is 0. The number of hydrogen-bond donors (Lipinski definition) is 2. The van der Waals surface area contributed by atoms with Gasteiger partial charge in [-0.1, -0.05) is 32.6 Å². The van der Waals surface area contributed by atoms with Gasteiger partial charge in [-0.3, -0.25) is 4.79 Å². The van der Waals surface area contributed by atoms with Gasteiger partial charge in [0.1, 0.15) is 6.04 Å². The molecular formula is C10H19NO2. The van der Waals surface area contributed by atoms with Crippen molar-refractivity contribution in [1.29, 1.82) is 0 Å². The summed E-state index contributed by atoms with van der Waals surface area (Å²) < 4.78 is 0. The van der Waals surface area contributed by atoms with E-state index in [2.05, 4.69) is 0 Å². The highest BCUT2D eigenvalue weighted by Gasteiger charge is 2.24. The van der Waals surface area contributed by atoms with Crippen molar-refractivity contribution in [2.45, 2.75) is 45.1 Å². The van der Waals surface area contributed by atoms with Crippen LogP contribution in [0.25, 0.3) is 0 Å². The van der Waals surface area contributed by atoms with Crippen LogP contribution in [0.4, 0.5) is 0 Å². The van der Waals surface area contributed by atoms with Crippen molar-refractivity contribution in [3.05, 3.63) is 0 Å². The molecule has 0 saturated heterocycles. The van der Waals surface area contributed by atoms with Gasteiger partial charge in [0.25, 0.3) is 0 Å². The van der Waals surface area contributed by atoms with Gasteiger partial charge in [0.05, 0.1) is 0 Å². The maximum absolute atomic E-state index is 10.6. The minimum Gasteiger partial charge on any atom is -0.480 e. The Hall–Kier alpha value is -0.570. The van der Waals surface area contributed by atoms with Gasteiger partial charge in [-0.2, -0.15) is 0 Å². The lowest BCUT2D eigenvalue weighted by atomic mass is 9.90. The molecule has 76 valence electrons. The molecule has 0 heterocycles. The Morgan fingerprint density at radius 1 is 1.54 bits per heavy atom. The normalized spacial score (nSPS) is 22.9. The minimum atomic E-state index is -0.870. The van der Waals surface area contributed by atoms with Gasteiger partial charge >= 0.3 is 5.97 Å². The standard InChI is InChI=1S/C10H19NO2/c1-7(9(11)10(12)13)6-8-4-2-3-5-8/h7-9H,2-6,11H2,1H3,(H,12,13). The molecule has 0 radical (unpaired) electrons. The maximum Gasteiger partial charge on any atom is 0.320 e. The molecule has 2 unspecified atom stereocenters. The lowest BCUT2D eigenvalue weighted by Gasteiger charge is -2.19. The predicted octanol–water partition coefficient (Wildman–Crippen LogP) is 1.61. The fraction of sp³-hybridized carbons (Fsp3) is 0.900. The summed E-state index contributed by atoms with van der Waals surface area (Å²) in [5, 5.41) is 8.70. The van der Waals surface area contributed by atoms with Crippen molar-refractivity contribution in [1.82, 2.24) is 0 Å². The van der Waals surface area contributed by atoms with E-state index < -0.39 is 12.0 Å². The van der Waals surface area contributed by atoms with E-state index in [0.29, 0.717) is 0 Å². The molecule has 1 aliphatic rings. The van der Waals surface area contributed by atoms with Crippen molar-refractivity contribution in [3.8, 4) is 0 Å². The first-order valence-electron chi connectivity index (χ1n) is 5.09. The fourth-order valence-corrected chi connectivity index (χ4v) is 2.16. The lowest BCUT2D eigenvalue weighted by molar-refractivity contribution is -0.139. The van der Waals surface area contributed by atoms with Gasteiger partial charge in [-0.15, -0.1) is 0 Å². The molecule has 0 aromatic rings. The molecule has 1 saturated carbocycles. The zero-order chi connectivity index (χ0) is 9.84. The smallest absolute Gasteiger partial charge is 0.320 e. The number of nitrogens with two attached hydrogens (primary N) is 1. The number of carboxylic acids is 1. The van der Waals surface area contributed by atoms with E-state index in [1.165, 1.54) is 25.7 Å². The van der Waals surface area contributed by atoms with Gasteiger partial charge < -0.3 is 10.8 Å². The first kappa shape index (κ1) is 10.5. The van der Waals surface area contributed by atoms with Crippen molar-refractivity contribution in [2.24, 2.45) is 17.6 Å². The Morgan fingerprint density at radius 3 is 2.54 bits per heavy atom. The first-order valence-corrected chi connectivity index (χ1v) is 5.09. The highest BCUT2D eigenvalue weighted by Crippen LogP contribution is 2.30.